The molecular formula is C17H30O6S3. The van der Waals surface area contributed by atoms with Gasteiger partial charge in [-0.1, -0.05) is 44.2 Å². The van der Waals surface area contributed by atoms with Crippen LogP contribution in [0, 0.1) is 0 Å². The first-order chi connectivity index (χ1) is 11.9. The first-order valence-electron chi connectivity index (χ1n) is 8.47. The molecule has 0 saturated heterocycles. The van der Waals surface area contributed by atoms with E-state index < -0.39 is 50.3 Å². The lowest BCUT2D eigenvalue weighted by atomic mass is 10.2. The lowest BCUT2D eigenvalue weighted by Crippen LogP contribution is -2.57. The summed E-state index contributed by atoms with van der Waals surface area (Å²) in [7, 11) is -12.7. The predicted octanol–water partition coefficient (Wildman–Crippen LogP) is 2.80. The minimum absolute atomic E-state index is 0.354. The monoisotopic (exact) mass is 426 g/mol. The summed E-state index contributed by atoms with van der Waals surface area (Å²) in [6.07, 6.45) is 7.09. The molecule has 152 valence electrons. The van der Waals surface area contributed by atoms with Gasteiger partial charge in [0.2, 0.25) is 0 Å². The van der Waals surface area contributed by atoms with Gasteiger partial charge < -0.3 is 0 Å². The van der Waals surface area contributed by atoms with E-state index in [9.17, 15) is 25.3 Å². The Morgan fingerprint density at radius 3 is 1.54 bits per heavy atom. The lowest BCUT2D eigenvalue weighted by molar-refractivity contribution is 0.516. The van der Waals surface area contributed by atoms with Gasteiger partial charge in [-0.3, -0.25) is 0 Å². The highest BCUT2D eigenvalue weighted by atomic mass is 32.3. The fraction of sp³-hybridized carbons (Fsp3) is 0.647. The summed E-state index contributed by atoms with van der Waals surface area (Å²) in [6, 6.07) is 0. The third kappa shape index (κ3) is 5.07. The molecule has 1 atom stereocenters. The van der Waals surface area contributed by atoms with E-state index >= 15 is 0 Å². The van der Waals surface area contributed by atoms with Crippen LogP contribution >= 0.6 is 0 Å². The van der Waals surface area contributed by atoms with Crippen molar-refractivity contribution in [2.45, 2.75) is 56.8 Å². The van der Waals surface area contributed by atoms with Gasteiger partial charge in [-0.15, -0.1) is 0 Å². The Labute approximate surface area is 158 Å². The Morgan fingerprint density at radius 1 is 0.808 bits per heavy atom. The van der Waals surface area contributed by atoms with E-state index in [1.165, 1.54) is 44.2 Å². The van der Waals surface area contributed by atoms with Crippen LogP contribution < -0.4 is 0 Å². The van der Waals surface area contributed by atoms with E-state index in [0.29, 0.717) is 6.42 Å². The molecule has 0 rings (SSSR count). The van der Waals surface area contributed by atoms with Crippen molar-refractivity contribution in [1.29, 1.82) is 0 Å². The molecule has 0 saturated carbocycles. The summed E-state index contributed by atoms with van der Waals surface area (Å²) >= 11 is 0. The van der Waals surface area contributed by atoms with Gasteiger partial charge in [0.25, 0.3) is 0 Å². The molecule has 9 heteroatoms. The van der Waals surface area contributed by atoms with E-state index in [-0.39, 0.29) is 6.42 Å². The number of rotatable bonds is 11. The molecule has 0 spiro atoms. The maximum absolute atomic E-state index is 13.1. The second-order valence-corrected chi connectivity index (χ2v) is 12.9. The second kappa shape index (κ2) is 9.85. The minimum atomic E-state index is -4.31. The van der Waals surface area contributed by atoms with E-state index in [4.69, 9.17) is 0 Å². The van der Waals surface area contributed by atoms with Gasteiger partial charge in [0.1, 0.15) is 0 Å². The Morgan fingerprint density at radius 2 is 1.23 bits per heavy atom. The molecule has 1 unspecified atom stereocenters. The van der Waals surface area contributed by atoms with Gasteiger partial charge in [-0.25, -0.2) is 25.3 Å². The van der Waals surface area contributed by atoms with Gasteiger partial charge in [0.15, 0.2) is 33.6 Å². The standard InChI is InChI=1S/C17H30O6S3/c1-6-10-13-24(18,19)16(5)17(9-4,25(20,21)14-11-7-2)26(22,23)15-12-8-3/h7-8,10-13,16H,6,9,14-15H2,1-5H3. The van der Waals surface area contributed by atoms with Crippen LogP contribution in [-0.2, 0) is 29.5 Å². The van der Waals surface area contributed by atoms with Crippen molar-refractivity contribution in [2.24, 2.45) is 0 Å². The van der Waals surface area contributed by atoms with E-state index in [1.54, 1.807) is 20.8 Å². The third-order valence-corrected chi connectivity index (χ3v) is 12.7. The fourth-order valence-electron chi connectivity index (χ4n) is 2.75. The molecule has 0 N–H and O–H groups in total. The van der Waals surface area contributed by atoms with Gasteiger partial charge in [0.05, 0.1) is 16.8 Å². The average Bonchev–Trinajstić information content (AvgIpc) is 2.56. The second-order valence-electron chi connectivity index (χ2n) is 5.88. The Bertz CT molecular complexity index is 800. The van der Waals surface area contributed by atoms with Crippen LogP contribution in [0.25, 0.3) is 0 Å². The Balaban J connectivity index is 6.86. The summed E-state index contributed by atoms with van der Waals surface area (Å²) in [6.45, 7) is 7.52. The quantitative estimate of drug-likeness (QED) is 0.471. The van der Waals surface area contributed by atoms with Crippen molar-refractivity contribution >= 4 is 29.5 Å². The van der Waals surface area contributed by atoms with Crippen LogP contribution in [0.2, 0.25) is 0 Å². The van der Waals surface area contributed by atoms with Crippen molar-refractivity contribution in [2.75, 3.05) is 11.5 Å². The average molecular weight is 427 g/mol. The third-order valence-electron chi connectivity index (χ3n) is 4.28. The van der Waals surface area contributed by atoms with Gasteiger partial charge in [-0.2, -0.15) is 0 Å². The Kier molecular flexibility index (Phi) is 9.49. The number of hydrogen-bond acceptors (Lipinski definition) is 6. The smallest absolute Gasteiger partial charge is 0.190 e. The van der Waals surface area contributed by atoms with Gasteiger partial charge in [-0.05, 0) is 33.6 Å². The molecule has 0 fully saturated rings. The molecule has 6 nitrogen and oxygen atoms in total. The first-order valence-corrected chi connectivity index (χ1v) is 13.4. The zero-order valence-electron chi connectivity index (χ0n) is 16.0. The molecule has 0 amide bonds. The molecule has 0 aromatic rings. The topological polar surface area (TPSA) is 102 Å². The molecule has 0 aliphatic carbocycles. The largest absolute Gasteiger partial charge is 0.227 e. The van der Waals surface area contributed by atoms with Crippen LogP contribution in [-0.4, -0.2) is 46.1 Å². The SMILES string of the molecule is CC=CCS(=O)(=O)C(CC)(C(C)S(=O)(=O)C=CCC)S(=O)(=O)CC=CC. The summed E-state index contributed by atoms with van der Waals surface area (Å²) in [5.41, 5.74) is 0. The number of sulfone groups is 3. The molecule has 0 aromatic carbocycles. The summed E-state index contributed by atoms with van der Waals surface area (Å²) in [5.74, 6) is -1.08. The molecule has 0 radical (unpaired) electrons. The maximum Gasteiger partial charge on any atom is 0.190 e. The van der Waals surface area contributed by atoms with Crippen LogP contribution in [0.15, 0.2) is 35.8 Å². The van der Waals surface area contributed by atoms with Crippen molar-refractivity contribution in [3.8, 4) is 0 Å². The van der Waals surface area contributed by atoms with Crippen molar-refractivity contribution in [3.63, 3.8) is 0 Å². The highest BCUT2D eigenvalue weighted by Gasteiger charge is 2.59. The Hall–Kier alpha value is -0.930. The summed E-state index contributed by atoms with van der Waals surface area (Å²) < 4.78 is 75.2. The zero-order valence-corrected chi connectivity index (χ0v) is 18.5. The minimum Gasteiger partial charge on any atom is -0.227 e. The normalized spacial score (nSPS) is 17.9. The molecule has 0 aromatic heterocycles. The highest BCUT2D eigenvalue weighted by molar-refractivity contribution is 8.12. The molecular weight excluding hydrogens is 396 g/mol. The van der Waals surface area contributed by atoms with Crippen molar-refractivity contribution in [3.05, 3.63) is 35.8 Å². The molecule has 0 aliphatic heterocycles. The lowest BCUT2D eigenvalue weighted by Gasteiger charge is -2.35. The summed E-state index contributed by atoms with van der Waals surface area (Å²) in [4.78, 5) is 0. The molecule has 26 heavy (non-hydrogen) atoms. The first kappa shape index (κ1) is 25.1. The van der Waals surface area contributed by atoms with Crippen LogP contribution in [0.1, 0.15) is 47.5 Å². The number of hydrogen-bond donors (Lipinski definition) is 0. The fourth-order valence-corrected chi connectivity index (χ4v) is 11.1. The number of allylic oxidation sites excluding steroid dienone is 3. The summed E-state index contributed by atoms with van der Waals surface area (Å²) in [5, 5.41) is -0.716. The highest BCUT2D eigenvalue weighted by Crippen LogP contribution is 2.38. The van der Waals surface area contributed by atoms with E-state index in [1.807, 2.05) is 0 Å². The molecule has 0 aliphatic rings. The van der Waals surface area contributed by atoms with E-state index in [0.717, 1.165) is 5.41 Å². The van der Waals surface area contributed by atoms with Crippen LogP contribution in [0.5, 0.6) is 0 Å². The molecule has 0 bridgehead atoms. The van der Waals surface area contributed by atoms with Gasteiger partial charge in [0, 0.05) is 5.41 Å². The van der Waals surface area contributed by atoms with Crippen molar-refractivity contribution in [1.82, 2.24) is 0 Å². The van der Waals surface area contributed by atoms with Crippen LogP contribution in [0.3, 0.4) is 0 Å². The van der Waals surface area contributed by atoms with Crippen molar-refractivity contribution < 1.29 is 25.3 Å². The predicted molar refractivity (Wildman–Crippen MR) is 108 cm³/mol. The van der Waals surface area contributed by atoms with E-state index in [2.05, 4.69) is 0 Å². The van der Waals surface area contributed by atoms with Crippen LogP contribution in [0.4, 0.5) is 0 Å². The van der Waals surface area contributed by atoms with Gasteiger partial charge >= 0.3 is 0 Å². The molecule has 0 heterocycles. The maximum atomic E-state index is 13.1. The zero-order chi connectivity index (χ0) is 20.6.